The molecule has 2 amide bonds. The Morgan fingerprint density at radius 1 is 0.976 bits per heavy atom. The van der Waals surface area contributed by atoms with Crippen LogP contribution in [0.3, 0.4) is 0 Å². The molecule has 1 saturated heterocycles. The maximum atomic E-state index is 12.9. The first-order valence-corrected chi connectivity index (χ1v) is 15.8. The number of rotatable bonds is 10. The predicted octanol–water partition coefficient (Wildman–Crippen LogP) is 5.86. The van der Waals surface area contributed by atoms with Crippen LogP contribution in [0.1, 0.15) is 80.1 Å². The van der Waals surface area contributed by atoms with Crippen molar-refractivity contribution in [1.29, 1.82) is 0 Å². The van der Waals surface area contributed by atoms with Gasteiger partial charge in [0, 0.05) is 36.7 Å². The average molecular weight is 574 g/mol. The van der Waals surface area contributed by atoms with Crippen LogP contribution in [-0.2, 0) is 22.6 Å². The Balaban J connectivity index is 1.09. The standard InChI is InChI=1S/C35H47N3O4/c1-4-13-38(3)21-31-23(2)32(29-9-7-25(22-39)8-10-29)42-33(41-31)30-11-5-24(6-12-30)20-36-34(40)37-35-17-26-14-27(18-35)16-28(15-26)19-35/h4-12,23,26-28,31-33,39H,1,13-22H2,2-3H3,(H2,36,37,40). The van der Waals surface area contributed by atoms with Crippen molar-refractivity contribution in [2.24, 2.45) is 23.7 Å². The lowest BCUT2D eigenvalue weighted by Gasteiger charge is -2.56. The SMILES string of the molecule is C=CCN(C)CC1OC(c2ccc(CNC(=O)NC34CC5CC(CC(C5)C3)C4)cc2)OC(c2ccc(CO)cc2)C1C. The van der Waals surface area contributed by atoms with Gasteiger partial charge in [-0.2, -0.15) is 0 Å². The average Bonchev–Trinajstić information content (AvgIpc) is 2.97. The number of nitrogens with zero attached hydrogens (tertiary/aromatic N) is 1. The summed E-state index contributed by atoms with van der Waals surface area (Å²) in [5.74, 6) is 2.54. The molecule has 0 spiro atoms. The highest BCUT2D eigenvalue weighted by Crippen LogP contribution is 2.55. The van der Waals surface area contributed by atoms with Gasteiger partial charge >= 0.3 is 6.03 Å². The topological polar surface area (TPSA) is 83.1 Å². The van der Waals surface area contributed by atoms with E-state index in [-0.39, 0.29) is 36.3 Å². The molecule has 226 valence electrons. The van der Waals surface area contributed by atoms with Crippen LogP contribution in [0.25, 0.3) is 0 Å². The molecule has 0 aromatic heterocycles. The van der Waals surface area contributed by atoms with Gasteiger partial charge in [-0.05, 0) is 80.0 Å². The molecule has 5 fully saturated rings. The van der Waals surface area contributed by atoms with Gasteiger partial charge in [0.1, 0.15) is 0 Å². The fourth-order valence-corrected chi connectivity index (χ4v) is 8.45. The fourth-order valence-electron chi connectivity index (χ4n) is 8.45. The van der Waals surface area contributed by atoms with Crippen LogP contribution in [0.4, 0.5) is 4.79 Å². The van der Waals surface area contributed by atoms with Crippen LogP contribution in [0, 0.1) is 23.7 Å². The van der Waals surface area contributed by atoms with Crippen molar-refractivity contribution in [3.05, 3.63) is 83.4 Å². The van der Waals surface area contributed by atoms with Crippen molar-refractivity contribution in [3.63, 3.8) is 0 Å². The summed E-state index contributed by atoms with van der Waals surface area (Å²) >= 11 is 0. The number of hydrogen-bond acceptors (Lipinski definition) is 5. The van der Waals surface area contributed by atoms with Crippen molar-refractivity contribution in [1.82, 2.24) is 15.5 Å². The van der Waals surface area contributed by atoms with E-state index in [9.17, 15) is 9.90 Å². The van der Waals surface area contributed by atoms with E-state index in [0.717, 1.165) is 72.4 Å². The second-order valence-electron chi connectivity index (χ2n) is 13.6. The number of carbonyl (C=O) groups excluding carboxylic acids is 1. The molecule has 5 aliphatic rings. The Morgan fingerprint density at radius 3 is 2.17 bits per heavy atom. The molecule has 7 rings (SSSR count). The van der Waals surface area contributed by atoms with Crippen LogP contribution in [0.5, 0.6) is 0 Å². The van der Waals surface area contributed by atoms with Crippen LogP contribution in [0.2, 0.25) is 0 Å². The molecule has 7 nitrogen and oxygen atoms in total. The molecule has 0 radical (unpaired) electrons. The normalized spacial score (nSPS) is 33.5. The van der Waals surface area contributed by atoms with Crippen molar-refractivity contribution in [3.8, 4) is 0 Å². The molecule has 2 aromatic rings. The summed E-state index contributed by atoms with van der Waals surface area (Å²) < 4.78 is 13.1. The first-order valence-electron chi connectivity index (χ1n) is 15.8. The van der Waals surface area contributed by atoms with Gasteiger partial charge in [0.2, 0.25) is 0 Å². The summed E-state index contributed by atoms with van der Waals surface area (Å²) in [7, 11) is 2.08. The second-order valence-corrected chi connectivity index (χ2v) is 13.6. The molecule has 2 aromatic carbocycles. The minimum absolute atomic E-state index is 0.0146. The van der Waals surface area contributed by atoms with E-state index in [1.54, 1.807) is 0 Å². The Bertz CT molecular complexity index is 1190. The zero-order chi connectivity index (χ0) is 29.3. The quantitative estimate of drug-likeness (QED) is 0.311. The minimum Gasteiger partial charge on any atom is -0.392 e. The number of urea groups is 1. The smallest absolute Gasteiger partial charge is 0.315 e. The van der Waals surface area contributed by atoms with Gasteiger partial charge in [0.15, 0.2) is 6.29 Å². The predicted molar refractivity (Wildman–Crippen MR) is 163 cm³/mol. The van der Waals surface area contributed by atoms with Crippen molar-refractivity contribution >= 4 is 6.03 Å². The van der Waals surface area contributed by atoms with E-state index in [2.05, 4.69) is 48.2 Å². The molecule has 1 aliphatic heterocycles. The van der Waals surface area contributed by atoms with Crippen LogP contribution in [-0.4, -0.2) is 47.8 Å². The maximum Gasteiger partial charge on any atom is 0.315 e. The molecule has 4 atom stereocenters. The van der Waals surface area contributed by atoms with Gasteiger partial charge in [-0.1, -0.05) is 61.5 Å². The summed E-state index contributed by atoms with van der Waals surface area (Å²) in [5.41, 5.74) is 3.98. The molecule has 4 saturated carbocycles. The van der Waals surface area contributed by atoms with Crippen molar-refractivity contribution in [2.45, 2.75) is 82.6 Å². The molecule has 7 heteroatoms. The van der Waals surface area contributed by atoms with E-state index in [1.165, 1.54) is 19.3 Å². The Hall–Kier alpha value is -2.71. The number of hydrogen-bond donors (Lipinski definition) is 3. The van der Waals surface area contributed by atoms with Crippen LogP contribution >= 0.6 is 0 Å². The second kappa shape index (κ2) is 12.5. The molecule has 1 heterocycles. The number of carbonyl (C=O) groups is 1. The molecular formula is C35H47N3O4. The lowest BCUT2D eigenvalue weighted by Crippen LogP contribution is -2.61. The van der Waals surface area contributed by atoms with Crippen molar-refractivity contribution in [2.75, 3.05) is 20.1 Å². The molecule has 42 heavy (non-hydrogen) atoms. The maximum absolute atomic E-state index is 12.9. The number of amides is 2. The molecule has 4 aliphatic carbocycles. The van der Waals surface area contributed by atoms with E-state index in [4.69, 9.17) is 9.47 Å². The Kier molecular flexibility index (Phi) is 8.73. The Morgan fingerprint density at radius 2 is 1.57 bits per heavy atom. The lowest BCUT2D eigenvalue weighted by atomic mass is 9.53. The highest BCUT2D eigenvalue weighted by molar-refractivity contribution is 5.75. The summed E-state index contributed by atoms with van der Waals surface area (Å²) in [5, 5.41) is 16.0. The largest absolute Gasteiger partial charge is 0.392 e. The monoisotopic (exact) mass is 573 g/mol. The number of aliphatic hydroxyl groups is 1. The Labute approximate surface area is 250 Å². The number of benzene rings is 2. The molecular weight excluding hydrogens is 526 g/mol. The first-order chi connectivity index (χ1) is 20.3. The van der Waals surface area contributed by atoms with Gasteiger partial charge in [-0.25, -0.2) is 4.79 Å². The van der Waals surface area contributed by atoms with Gasteiger partial charge < -0.3 is 30.1 Å². The molecule has 4 unspecified atom stereocenters. The third-order valence-electron chi connectivity index (χ3n) is 10.2. The summed E-state index contributed by atoms with van der Waals surface area (Å²) in [4.78, 5) is 15.2. The third kappa shape index (κ3) is 6.45. The first kappa shape index (κ1) is 29.4. The zero-order valence-electron chi connectivity index (χ0n) is 25.1. The van der Waals surface area contributed by atoms with E-state index < -0.39 is 6.29 Å². The molecule has 3 N–H and O–H groups in total. The minimum atomic E-state index is -0.507. The van der Waals surface area contributed by atoms with Gasteiger partial charge in [0.05, 0.1) is 18.8 Å². The highest BCUT2D eigenvalue weighted by atomic mass is 16.7. The van der Waals surface area contributed by atoms with Gasteiger partial charge in [0.25, 0.3) is 0 Å². The summed E-state index contributed by atoms with van der Waals surface area (Å²) in [6.45, 7) is 8.11. The van der Waals surface area contributed by atoms with Crippen LogP contribution < -0.4 is 10.6 Å². The molecule has 4 bridgehead atoms. The van der Waals surface area contributed by atoms with E-state index in [0.29, 0.717) is 6.54 Å². The lowest BCUT2D eigenvalue weighted by molar-refractivity contribution is -0.275. The number of ether oxygens (including phenoxy) is 2. The van der Waals surface area contributed by atoms with E-state index >= 15 is 0 Å². The summed E-state index contributed by atoms with van der Waals surface area (Å²) in [6.07, 6.45) is 8.77. The fraction of sp³-hybridized carbons (Fsp3) is 0.571. The van der Waals surface area contributed by atoms with E-state index in [1.807, 2.05) is 42.5 Å². The summed E-state index contributed by atoms with van der Waals surface area (Å²) in [6, 6.07) is 16.1. The number of nitrogens with one attached hydrogen (secondary N) is 2. The number of aliphatic hydroxyl groups excluding tert-OH is 1. The van der Waals surface area contributed by atoms with Gasteiger partial charge in [-0.3, -0.25) is 0 Å². The third-order valence-corrected chi connectivity index (χ3v) is 10.2. The van der Waals surface area contributed by atoms with Gasteiger partial charge in [-0.15, -0.1) is 6.58 Å². The van der Waals surface area contributed by atoms with Crippen LogP contribution in [0.15, 0.2) is 61.2 Å². The highest BCUT2D eigenvalue weighted by Gasteiger charge is 2.51. The number of likely N-dealkylation sites (N-methyl/N-ethyl adjacent to an activating group) is 1. The van der Waals surface area contributed by atoms with Crippen molar-refractivity contribution < 1.29 is 19.4 Å². The zero-order valence-corrected chi connectivity index (χ0v) is 25.1.